The summed E-state index contributed by atoms with van der Waals surface area (Å²) in [5.74, 6) is -0.423. The molecule has 3 nitrogen and oxygen atoms in total. The summed E-state index contributed by atoms with van der Waals surface area (Å²) < 4.78 is 5.19. The number of carbonyl (C=O) groups is 1. The molecule has 204 valence electrons. The van der Waals surface area contributed by atoms with Gasteiger partial charge in [-0.05, 0) is 12.8 Å². The summed E-state index contributed by atoms with van der Waals surface area (Å²) in [5, 5.41) is 9.94. The molecular formula is C31H62O3. The Labute approximate surface area is 214 Å². The van der Waals surface area contributed by atoms with E-state index in [0.717, 1.165) is 25.7 Å². The average Bonchev–Trinajstić information content (AvgIpc) is 2.84. The van der Waals surface area contributed by atoms with Crippen LogP contribution in [0.1, 0.15) is 181 Å². The van der Waals surface area contributed by atoms with Gasteiger partial charge in [0.25, 0.3) is 0 Å². The lowest BCUT2D eigenvalue weighted by atomic mass is 10.0. The Hall–Kier alpha value is -0.570. The zero-order valence-electron chi connectivity index (χ0n) is 23.4. The molecule has 0 radical (unpaired) electrons. The molecule has 0 amide bonds. The predicted molar refractivity (Wildman–Crippen MR) is 148 cm³/mol. The van der Waals surface area contributed by atoms with E-state index in [1.54, 1.807) is 0 Å². The first kappa shape index (κ1) is 33.4. The third-order valence-corrected chi connectivity index (χ3v) is 7.10. The Morgan fingerprint density at radius 2 is 0.794 bits per heavy atom. The zero-order valence-corrected chi connectivity index (χ0v) is 23.4. The second-order valence-corrected chi connectivity index (χ2v) is 10.6. The summed E-state index contributed by atoms with van der Waals surface area (Å²) in [4.78, 5) is 11.8. The fraction of sp³-hybridized carbons (Fsp3) is 0.968. The van der Waals surface area contributed by atoms with Crippen LogP contribution in [0.2, 0.25) is 0 Å². The highest BCUT2D eigenvalue weighted by molar-refractivity contribution is 5.74. The molecule has 0 aromatic carbocycles. The minimum absolute atomic E-state index is 0.423. The van der Waals surface area contributed by atoms with E-state index in [4.69, 9.17) is 4.74 Å². The number of hydrogen-bond donors (Lipinski definition) is 1. The van der Waals surface area contributed by atoms with Crippen LogP contribution in [0.25, 0.3) is 0 Å². The molecule has 3 heteroatoms. The fourth-order valence-corrected chi connectivity index (χ4v) is 4.69. The maximum absolute atomic E-state index is 11.8. The Balaban J connectivity index is 3.21. The number of unbranched alkanes of at least 4 members (excludes halogenated alkanes) is 23. The van der Waals surface area contributed by atoms with Gasteiger partial charge in [0.15, 0.2) is 6.10 Å². The maximum Gasteiger partial charge on any atom is 0.334 e. The summed E-state index contributed by atoms with van der Waals surface area (Å²) in [6.45, 7) is 4.94. The lowest BCUT2D eigenvalue weighted by molar-refractivity contribution is -0.154. The highest BCUT2D eigenvalue weighted by Crippen LogP contribution is 2.15. The standard InChI is InChI=1S/C31H62O3/c1-3-5-7-9-10-11-12-13-14-15-16-17-18-19-20-21-22-23-24-26-28-30(32)31(33)34-29-27-25-8-6-4-2/h30,32H,3-29H2,1-2H3. The molecule has 0 fully saturated rings. The van der Waals surface area contributed by atoms with Gasteiger partial charge < -0.3 is 9.84 Å². The van der Waals surface area contributed by atoms with E-state index >= 15 is 0 Å². The van der Waals surface area contributed by atoms with Crippen LogP contribution in [0.3, 0.4) is 0 Å². The van der Waals surface area contributed by atoms with Crippen LogP contribution in [0, 0.1) is 0 Å². The van der Waals surface area contributed by atoms with Gasteiger partial charge in [-0.3, -0.25) is 0 Å². The number of carbonyl (C=O) groups excluding carboxylic acids is 1. The normalized spacial score (nSPS) is 12.2. The van der Waals surface area contributed by atoms with Crippen molar-refractivity contribution in [1.29, 1.82) is 0 Å². The second kappa shape index (κ2) is 28.7. The first-order valence-electron chi connectivity index (χ1n) is 15.6. The highest BCUT2D eigenvalue weighted by Gasteiger charge is 2.15. The topological polar surface area (TPSA) is 46.5 Å². The van der Waals surface area contributed by atoms with Gasteiger partial charge in [0.2, 0.25) is 0 Å². The van der Waals surface area contributed by atoms with Gasteiger partial charge >= 0.3 is 5.97 Å². The van der Waals surface area contributed by atoms with Crippen LogP contribution in [0.5, 0.6) is 0 Å². The maximum atomic E-state index is 11.8. The third-order valence-electron chi connectivity index (χ3n) is 7.10. The minimum atomic E-state index is -0.925. The van der Waals surface area contributed by atoms with Crippen molar-refractivity contribution in [2.24, 2.45) is 0 Å². The van der Waals surface area contributed by atoms with Crippen molar-refractivity contribution in [3.05, 3.63) is 0 Å². The summed E-state index contributed by atoms with van der Waals surface area (Å²) in [5.41, 5.74) is 0. The summed E-state index contributed by atoms with van der Waals surface area (Å²) >= 11 is 0. The molecule has 0 heterocycles. The Kier molecular flexibility index (Phi) is 28.2. The lowest BCUT2D eigenvalue weighted by Crippen LogP contribution is -2.23. The summed E-state index contributed by atoms with van der Waals surface area (Å²) in [6.07, 6.45) is 32.6. The minimum Gasteiger partial charge on any atom is -0.464 e. The number of rotatable bonds is 28. The summed E-state index contributed by atoms with van der Waals surface area (Å²) in [6, 6.07) is 0. The van der Waals surface area contributed by atoms with Crippen molar-refractivity contribution in [1.82, 2.24) is 0 Å². The van der Waals surface area contributed by atoms with E-state index < -0.39 is 12.1 Å². The van der Waals surface area contributed by atoms with Crippen LogP contribution in [0.4, 0.5) is 0 Å². The molecule has 1 unspecified atom stereocenters. The van der Waals surface area contributed by atoms with E-state index in [0.29, 0.717) is 13.0 Å². The molecule has 0 rings (SSSR count). The van der Waals surface area contributed by atoms with Crippen LogP contribution in [0.15, 0.2) is 0 Å². The molecule has 0 aromatic rings. The molecule has 0 aromatic heterocycles. The van der Waals surface area contributed by atoms with Crippen LogP contribution in [-0.4, -0.2) is 23.8 Å². The molecule has 0 spiro atoms. The van der Waals surface area contributed by atoms with Crippen molar-refractivity contribution in [2.45, 2.75) is 187 Å². The zero-order chi connectivity index (χ0) is 25.0. The monoisotopic (exact) mass is 482 g/mol. The molecule has 1 atom stereocenters. The van der Waals surface area contributed by atoms with Gasteiger partial charge in [0.1, 0.15) is 0 Å². The number of ether oxygens (including phenoxy) is 1. The first-order valence-corrected chi connectivity index (χ1v) is 15.6. The van der Waals surface area contributed by atoms with E-state index in [-0.39, 0.29) is 0 Å². The van der Waals surface area contributed by atoms with Crippen LogP contribution < -0.4 is 0 Å². The molecule has 1 N–H and O–H groups in total. The number of esters is 1. The number of aliphatic hydroxyl groups is 1. The molecular weight excluding hydrogens is 420 g/mol. The smallest absolute Gasteiger partial charge is 0.334 e. The molecule has 0 bridgehead atoms. The lowest BCUT2D eigenvalue weighted by Gasteiger charge is -2.10. The first-order chi connectivity index (χ1) is 16.7. The van der Waals surface area contributed by atoms with E-state index in [9.17, 15) is 9.90 Å². The molecule has 0 saturated heterocycles. The highest BCUT2D eigenvalue weighted by atomic mass is 16.5. The fourth-order valence-electron chi connectivity index (χ4n) is 4.69. The van der Waals surface area contributed by atoms with Gasteiger partial charge in [-0.1, -0.05) is 168 Å². The quantitative estimate of drug-likeness (QED) is 0.0891. The second-order valence-electron chi connectivity index (χ2n) is 10.6. The Bertz CT molecular complexity index is 396. The Morgan fingerprint density at radius 3 is 1.15 bits per heavy atom. The van der Waals surface area contributed by atoms with Crippen LogP contribution in [-0.2, 0) is 9.53 Å². The van der Waals surface area contributed by atoms with Crippen molar-refractivity contribution >= 4 is 5.97 Å². The van der Waals surface area contributed by atoms with Gasteiger partial charge in [-0.2, -0.15) is 0 Å². The molecule has 0 aliphatic carbocycles. The largest absolute Gasteiger partial charge is 0.464 e. The van der Waals surface area contributed by atoms with Crippen molar-refractivity contribution in [3.63, 3.8) is 0 Å². The molecule has 0 aliphatic rings. The van der Waals surface area contributed by atoms with Crippen LogP contribution >= 0.6 is 0 Å². The van der Waals surface area contributed by atoms with E-state index in [2.05, 4.69) is 13.8 Å². The average molecular weight is 483 g/mol. The molecule has 0 saturated carbocycles. The SMILES string of the molecule is CCCCCCCCCCCCCCCCCCCCCCC(O)C(=O)OCCCCCCC. The molecule has 0 aliphatic heterocycles. The van der Waals surface area contributed by atoms with Gasteiger partial charge in [0.05, 0.1) is 6.61 Å². The number of aliphatic hydroxyl groups excluding tert-OH is 1. The van der Waals surface area contributed by atoms with Crippen molar-refractivity contribution in [2.75, 3.05) is 6.61 Å². The van der Waals surface area contributed by atoms with Gasteiger partial charge in [-0.25, -0.2) is 4.79 Å². The molecule has 34 heavy (non-hydrogen) atoms. The van der Waals surface area contributed by atoms with E-state index in [1.807, 2.05) is 0 Å². The number of hydrogen-bond acceptors (Lipinski definition) is 3. The summed E-state index contributed by atoms with van der Waals surface area (Å²) in [7, 11) is 0. The van der Waals surface area contributed by atoms with Crippen molar-refractivity contribution < 1.29 is 14.6 Å². The Morgan fingerprint density at radius 1 is 0.500 bits per heavy atom. The third kappa shape index (κ3) is 26.0. The van der Waals surface area contributed by atoms with Crippen molar-refractivity contribution in [3.8, 4) is 0 Å². The van der Waals surface area contributed by atoms with Gasteiger partial charge in [0, 0.05) is 0 Å². The van der Waals surface area contributed by atoms with Gasteiger partial charge in [-0.15, -0.1) is 0 Å². The predicted octanol–water partition coefficient (Wildman–Crippen LogP) is 10.1. The van der Waals surface area contributed by atoms with E-state index in [1.165, 1.54) is 135 Å².